The van der Waals surface area contributed by atoms with Crippen LogP contribution >= 0.6 is 0 Å². The van der Waals surface area contributed by atoms with E-state index >= 15 is 0 Å². The van der Waals surface area contributed by atoms with Crippen LogP contribution in [0.15, 0.2) is 0 Å². The second kappa shape index (κ2) is 4.20. The lowest BCUT2D eigenvalue weighted by Gasteiger charge is -2.38. The third kappa shape index (κ3) is 2.09. The number of rotatable bonds is 3. The summed E-state index contributed by atoms with van der Waals surface area (Å²) >= 11 is 0. The summed E-state index contributed by atoms with van der Waals surface area (Å²) in [4.78, 5) is 11.0. The largest absolute Gasteiger partial charge is 0.393 e. The summed E-state index contributed by atoms with van der Waals surface area (Å²) in [6, 6.07) is 0. The summed E-state index contributed by atoms with van der Waals surface area (Å²) in [7, 11) is 0. The lowest BCUT2D eigenvalue weighted by atomic mass is 9.81. The lowest BCUT2D eigenvalue weighted by molar-refractivity contribution is -0.155. The van der Waals surface area contributed by atoms with Crippen molar-refractivity contribution in [2.45, 2.75) is 44.8 Å². The maximum atomic E-state index is 11.0. The summed E-state index contributed by atoms with van der Waals surface area (Å²) in [5.41, 5.74) is -0.730. The Balaban J connectivity index is 2.72. The van der Waals surface area contributed by atoms with Crippen molar-refractivity contribution in [2.24, 2.45) is 5.92 Å². The number of carbonyl (C=O) groups is 1. The van der Waals surface area contributed by atoms with Gasteiger partial charge in [0.05, 0.1) is 6.10 Å². The summed E-state index contributed by atoms with van der Waals surface area (Å²) in [5.74, 6) is -0.120. The Labute approximate surface area is 79.1 Å². The van der Waals surface area contributed by atoms with Crippen molar-refractivity contribution in [1.82, 2.24) is 0 Å². The topological polar surface area (TPSA) is 46.5 Å². The van der Waals surface area contributed by atoms with Gasteiger partial charge in [-0.3, -0.25) is 0 Å². The molecule has 0 radical (unpaired) electrons. The van der Waals surface area contributed by atoms with Crippen molar-refractivity contribution >= 4 is 6.29 Å². The Hall–Kier alpha value is -0.410. The van der Waals surface area contributed by atoms with Crippen LogP contribution in [-0.2, 0) is 9.53 Å². The first-order valence-corrected chi connectivity index (χ1v) is 4.91. The molecular formula is C10H18O3. The maximum absolute atomic E-state index is 11.0. The molecule has 1 heterocycles. The van der Waals surface area contributed by atoms with Gasteiger partial charge in [-0.05, 0) is 26.2 Å². The van der Waals surface area contributed by atoms with Gasteiger partial charge in [-0.2, -0.15) is 0 Å². The molecule has 0 aromatic carbocycles. The summed E-state index contributed by atoms with van der Waals surface area (Å²) in [5, 5.41) is 9.43. The van der Waals surface area contributed by atoms with Gasteiger partial charge in [-0.25, -0.2) is 0 Å². The van der Waals surface area contributed by atoms with E-state index in [2.05, 4.69) is 0 Å². The number of aliphatic hydroxyl groups is 1. The predicted octanol–water partition coefficient (Wildman–Crippen LogP) is 1.14. The molecule has 0 spiro atoms. The molecule has 13 heavy (non-hydrogen) atoms. The van der Waals surface area contributed by atoms with E-state index in [0.29, 0.717) is 6.61 Å². The summed E-state index contributed by atoms with van der Waals surface area (Å²) in [6.07, 6.45) is 3.13. The van der Waals surface area contributed by atoms with E-state index in [1.807, 2.05) is 6.92 Å². The fourth-order valence-electron chi connectivity index (χ4n) is 1.81. The van der Waals surface area contributed by atoms with Gasteiger partial charge in [0, 0.05) is 12.5 Å². The first-order chi connectivity index (χ1) is 6.12. The predicted molar refractivity (Wildman–Crippen MR) is 49.4 cm³/mol. The van der Waals surface area contributed by atoms with E-state index in [-0.39, 0.29) is 5.92 Å². The molecule has 3 nitrogen and oxygen atoms in total. The maximum Gasteiger partial charge on any atom is 0.152 e. The van der Waals surface area contributed by atoms with E-state index < -0.39 is 11.7 Å². The van der Waals surface area contributed by atoms with Gasteiger partial charge in [0.1, 0.15) is 5.60 Å². The zero-order valence-corrected chi connectivity index (χ0v) is 8.32. The molecule has 3 heteroatoms. The normalized spacial score (nSPS) is 33.8. The van der Waals surface area contributed by atoms with Crippen LogP contribution in [0.25, 0.3) is 0 Å². The van der Waals surface area contributed by atoms with E-state index in [4.69, 9.17) is 4.74 Å². The van der Waals surface area contributed by atoms with E-state index in [1.54, 1.807) is 6.92 Å². The Kier molecular flexibility index (Phi) is 3.45. The van der Waals surface area contributed by atoms with Gasteiger partial charge >= 0.3 is 0 Å². The third-order valence-electron chi connectivity index (χ3n) is 3.03. The highest BCUT2D eigenvalue weighted by Gasteiger charge is 2.40. The molecule has 1 aliphatic heterocycles. The van der Waals surface area contributed by atoms with E-state index in [1.165, 1.54) is 0 Å². The van der Waals surface area contributed by atoms with Gasteiger partial charge in [0.25, 0.3) is 0 Å². The van der Waals surface area contributed by atoms with Crippen LogP contribution in [-0.4, -0.2) is 29.7 Å². The quantitative estimate of drug-likeness (QED) is 0.672. The number of aldehydes is 1. The molecule has 0 aromatic heterocycles. The minimum absolute atomic E-state index is 0.120. The zero-order valence-electron chi connectivity index (χ0n) is 8.32. The second-order valence-corrected chi connectivity index (χ2v) is 3.91. The van der Waals surface area contributed by atoms with Gasteiger partial charge in [-0.1, -0.05) is 6.92 Å². The first-order valence-electron chi connectivity index (χ1n) is 4.91. The SMILES string of the molecule is CC(O)C(C)C1(C=O)CCCCO1. The Morgan fingerprint density at radius 3 is 2.54 bits per heavy atom. The molecule has 3 unspecified atom stereocenters. The zero-order chi connectivity index (χ0) is 9.90. The van der Waals surface area contributed by atoms with Crippen LogP contribution in [0.1, 0.15) is 33.1 Å². The number of ether oxygens (including phenoxy) is 1. The highest BCUT2D eigenvalue weighted by atomic mass is 16.5. The van der Waals surface area contributed by atoms with Crippen LogP contribution in [0, 0.1) is 5.92 Å². The average Bonchev–Trinajstić information content (AvgIpc) is 2.17. The highest BCUT2D eigenvalue weighted by Crippen LogP contribution is 2.32. The highest BCUT2D eigenvalue weighted by molar-refractivity contribution is 5.63. The fraction of sp³-hybridized carbons (Fsp3) is 0.900. The van der Waals surface area contributed by atoms with Crippen LogP contribution < -0.4 is 0 Å². The third-order valence-corrected chi connectivity index (χ3v) is 3.03. The number of carbonyl (C=O) groups excluding carboxylic acids is 1. The molecule has 0 aromatic rings. The Morgan fingerprint density at radius 2 is 2.15 bits per heavy atom. The van der Waals surface area contributed by atoms with Gasteiger partial charge in [0.15, 0.2) is 6.29 Å². The van der Waals surface area contributed by atoms with Gasteiger partial charge in [-0.15, -0.1) is 0 Å². The van der Waals surface area contributed by atoms with Gasteiger partial charge in [0.2, 0.25) is 0 Å². The smallest absolute Gasteiger partial charge is 0.152 e. The molecule has 3 atom stereocenters. The molecule has 1 rings (SSSR count). The molecule has 0 amide bonds. The van der Waals surface area contributed by atoms with E-state index in [9.17, 15) is 9.90 Å². The molecule has 1 saturated heterocycles. The molecule has 76 valence electrons. The number of hydrogen-bond acceptors (Lipinski definition) is 3. The summed E-state index contributed by atoms with van der Waals surface area (Å²) in [6.45, 7) is 4.20. The first kappa shape index (κ1) is 10.7. The standard InChI is InChI=1S/C10H18O3/c1-8(9(2)12)10(7-11)5-3-4-6-13-10/h7-9,12H,3-6H2,1-2H3. The van der Waals surface area contributed by atoms with Crippen molar-refractivity contribution in [3.63, 3.8) is 0 Å². The minimum Gasteiger partial charge on any atom is -0.393 e. The monoisotopic (exact) mass is 186 g/mol. The van der Waals surface area contributed by atoms with E-state index in [0.717, 1.165) is 25.5 Å². The van der Waals surface area contributed by atoms with Crippen molar-refractivity contribution in [3.8, 4) is 0 Å². The minimum atomic E-state index is -0.730. The molecule has 0 saturated carbocycles. The van der Waals surface area contributed by atoms with Crippen LogP contribution in [0.3, 0.4) is 0 Å². The Morgan fingerprint density at radius 1 is 1.46 bits per heavy atom. The summed E-state index contributed by atoms with van der Waals surface area (Å²) < 4.78 is 5.51. The lowest BCUT2D eigenvalue weighted by Crippen LogP contribution is -2.47. The van der Waals surface area contributed by atoms with Crippen LogP contribution in [0.4, 0.5) is 0 Å². The molecule has 1 fully saturated rings. The van der Waals surface area contributed by atoms with Crippen molar-refractivity contribution in [3.05, 3.63) is 0 Å². The molecule has 1 aliphatic rings. The van der Waals surface area contributed by atoms with Crippen molar-refractivity contribution < 1.29 is 14.6 Å². The number of hydrogen-bond donors (Lipinski definition) is 1. The molecular weight excluding hydrogens is 168 g/mol. The van der Waals surface area contributed by atoms with Crippen molar-refractivity contribution in [2.75, 3.05) is 6.61 Å². The van der Waals surface area contributed by atoms with Gasteiger partial charge < -0.3 is 14.6 Å². The molecule has 1 N–H and O–H groups in total. The fourth-order valence-corrected chi connectivity index (χ4v) is 1.81. The van der Waals surface area contributed by atoms with Crippen LogP contribution in [0.2, 0.25) is 0 Å². The van der Waals surface area contributed by atoms with Crippen LogP contribution in [0.5, 0.6) is 0 Å². The van der Waals surface area contributed by atoms with Crippen molar-refractivity contribution in [1.29, 1.82) is 0 Å². The average molecular weight is 186 g/mol. The molecule has 0 bridgehead atoms. The Bertz CT molecular complexity index is 171. The number of aliphatic hydroxyl groups excluding tert-OH is 1. The molecule has 0 aliphatic carbocycles. The second-order valence-electron chi connectivity index (χ2n) is 3.91.